The Balaban J connectivity index is 1.83. The first-order valence-corrected chi connectivity index (χ1v) is 7.49. The Morgan fingerprint density at radius 1 is 1.39 bits per heavy atom. The molecule has 3 unspecified atom stereocenters. The van der Waals surface area contributed by atoms with Gasteiger partial charge in [0.25, 0.3) is 0 Å². The molecule has 0 spiro atoms. The largest absolute Gasteiger partial charge is 0.460 e. The summed E-state index contributed by atoms with van der Waals surface area (Å²) in [6.07, 6.45) is 2.66. The van der Waals surface area contributed by atoms with Crippen molar-refractivity contribution in [3.8, 4) is 0 Å². The summed E-state index contributed by atoms with van der Waals surface area (Å²) < 4.78 is 5.79. The van der Waals surface area contributed by atoms with Crippen LogP contribution < -0.4 is 5.32 Å². The zero-order valence-electron chi connectivity index (χ0n) is 11.5. The number of esters is 1. The van der Waals surface area contributed by atoms with Crippen LogP contribution in [0.4, 0.5) is 0 Å². The van der Waals surface area contributed by atoms with Crippen molar-refractivity contribution in [2.75, 3.05) is 6.54 Å². The van der Waals surface area contributed by atoms with Crippen molar-refractivity contribution in [1.82, 2.24) is 5.32 Å². The van der Waals surface area contributed by atoms with Gasteiger partial charge < -0.3 is 10.1 Å². The van der Waals surface area contributed by atoms with Gasteiger partial charge in [0.15, 0.2) is 0 Å². The van der Waals surface area contributed by atoms with Crippen molar-refractivity contribution in [1.29, 1.82) is 0 Å². The molecule has 4 rings (SSSR count). The lowest BCUT2D eigenvalue weighted by atomic mass is 9.55. The van der Waals surface area contributed by atoms with E-state index in [1.54, 1.807) is 0 Å². The number of carbonyl (C=O) groups excluding carboxylic acids is 1. The van der Waals surface area contributed by atoms with E-state index in [9.17, 15) is 4.79 Å². The Labute approximate surface area is 109 Å². The van der Waals surface area contributed by atoms with E-state index in [4.69, 9.17) is 4.74 Å². The summed E-state index contributed by atoms with van der Waals surface area (Å²) in [5, 5.41) is 3.69. The van der Waals surface area contributed by atoms with Gasteiger partial charge in [-0.1, -0.05) is 20.8 Å². The smallest absolute Gasteiger partial charge is 0.310 e. The number of ether oxygens (including phenoxy) is 1. The average Bonchev–Trinajstić information content (AvgIpc) is 2.88. The molecular formula is C15H23NO2. The molecule has 3 heteroatoms. The van der Waals surface area contributed by atoms with E-state index in [0.29, 0.717) is 29.2 Å². The second-order valence-corrected chi connectivity index (χ2v) is 7.38. The maximum absolute atomic E-state index is 12.3. The molecule has 0 radical (unpaired) electrons. The molecule has 4 fully saturated rings. The predicted molar refractivity (Wildman–Crippen MR) is 67.8 cm³/mol. The van der Waals surface area contributed by atoms with Crippen molar-refractivity contribution >= 4 is 5.97 Å². The number of hydrogen-bond donors (Lipinski definition) is 1. The van der Waals surface area contributed by atoms with Gasteiger partial charge in [-0.15, -0.1) is 0 Å². The second kappa shape index (κ2) is 3.30. The van der Waals surface area contributed by atoms with Crippen LogP contribution in [-0.2, 0) is 9.53 Å². The van der Waals surface area contributed by atoms with Crippen LogP contribution in [0.3, 0.4) is 0 Å². The standard InChI is InChI=1S/C15H23NO2/c1-7(2)10-11-9-5-4-8-6-16-13(15(8,9)3)12(10)18-14(11)17/h7-13,16H,4-6H2,1-3H3/t8-,9?,10?,11?,12+,13+,15+/m1/s1. The molecule has 2 aliphatic heterocycles. The molecular weight excluding hydrogens is 226 g/mol. The lowest BCUT2D eigenvalue weighted by Gasteiger charge is -2.48. The van der Waals surface area contributed by atoms with E-state index in [-0.39, 0.29) is 18.0 Å². The van der Waals surface area contributed by atoms with E-state index in [1.165, 1.54) is 12.8 Å². The number of hydrogen-bond acceptors (Lipinski definition) is 3. The predicted octanol–water partition coefficient (Wildman–Crippen LogP) is 1.82. The molecule has 7 atom stereocenters. The minimum Gasteiger partial charge on any atom is -0.460 e. The van der Waals surface area contributed by atoms with Crippen LogP contribution in [0.25, 0.3) is 0 Å². The quantitative estimate of drug-likeness (QED) is 0.720. The second-order valence-electron chi connectivity index (χ2n) is 7.38. The molecule has 18 heavy (non-hydrogen) atoms. The van der Waals surface area contributed by atoms with Crippen LogP contribution in [0.2, 0.25) is 0 Å². The van der Waals surface area contributed by atoms with Gasteiger partial charge in [-0.3, -0.25) is 4.79 Å². The molecule has 2 saturated heterocycles. The molecule has 0 aromatic heterocycles. The van der Waals surface area contributed by atoms with Gasteiger partial charge in [0, 0.05) is 5.92 Å². The summed E-state index contributed by atoms with van der Waals surface area (Å²) >= 11 is 0. The number of nitrogens with one attached hydrogen (secondary N) is 1. The van der Waals surface area contributed by atoms with E-state index >= 15 is 0 Å². The number of fused-ring (bicyclic) bond motifs is 4. The Bertz CT molecular complexity index is 407. The molecule has 2 heterocycles. The van der Waals surface area contributed by atoms with Crippen LogP contribution in [0.5, 0.6) is 0 Å². The van der Waals surface area contributed by atoms with Gasteiger partial charge >= 0.3 is 5.97 Å². The molecule has 2 saturated carbocycles. The first-order valence-electron chi connectivity index (χ1n) is 7.49. The van der Waals surface area contributed by atoms with Crippen LogP contribution in [0.1, 0.15) is 33.6 Å². The normalized spacial score (nSPS) is 57.0. The van der Waals surface area contributed by atoms with E-state index < -0.39 is 0 Å². The molecule has 1 N–H and O–H groups in total. The van der Waals surface area contributed by atoms with Gasteiger partial charge in [-0.2, -0.15) is 0 Å². The summed E-state index contributed by atoms with van der Waals surface area (Å²) in [6, 6.07) is 0.407. The third-order valence-corrected chi connectivity index (χ3v) is 6.61. The highest BCUT2D eigenvalue weighted by molar-refractivity contribution is 5.77. The monoisotopic (exact) mass is 249 g/mol. The minimum absolute atomic E-state index is 0.0989. The van der Waals surface area contributed by atoms with Crippen molar-refractivity contribution in [3.05, 3.63) is 0 Å². The fourth-order valence-corrected chi connectivity index (χ4v) is 5.81. The summed E-state index contributed by atoms with van der Waals surface area (Å²) in [7, 11) is 0. The number of carbonyl (C=O) groups is 1. The van der Waals surface area contributed by atoms with Gasteiger partial charge in [0.1, 0.15) is 6.10 Å². The fourth-order valence-electron chi connectivity index (χ4n) is 5.81. The lowest BCUT2D eigenvalue weighted by molar-refractivity contribution is -0.144. The lowest BCUT2D eigenvalue weighted by Crippen LogP contribution is -2.57. The van der Waals surface area contributed by atoms with E-state index in [1.807, 2.05) is 0 Å². The molecule has 2 aliphatic carbocycles. The highest BCUT2D eigenvalue weighted by Gasteiger charge is 2.70. The van der Waals surface area contributed by atoms with Gasteiger partial charge in [0.05, 0.1) is 12.0 Å². The highest BCUT2D eigenvalue weighted by atomic mass is 16.6. The molecule has 3 nitrogen and oxygen atoms in total. The summed E-state index contributed by atoms with van der Waals surface area (Å²) in [5.41, 5.74) is 0.312. The first kappa shape index (κ1) is 11.3. The minimum atomic E-state index is 0.0989. The van der Waals surface area contributed by atoms with Crippen molar-refractivity contribution < 1.29 is 9.53 Å². The third kappa shape index (κ3) is 1.05. The van der Waals surface area contributed by atoms with Crippen molar-refractivity contribution in [2.45, 2.75) is 45.8 Å². The Kier molecular flexibility index (Phi) is 2.07. The van der Waals surface area contributed by atoms with Crippen LogP contribution >= 0.6 is 0 Å². The van der Waals surface area contributed by atoms with Gasteiger partial charge in [-0.25, -0.2) is 0 Å². The van der Waals surface area contributed by atoms with Crippen molar-refractivity contribution in [2.24, 2.45) is 35.0 Å². The van der Waals surface area contributed by atoms with Crippen LogP contribution in [0.15, 0.2) is 0 Å². The molecule has 0 aromatic carbocycles. The maximum Gasteiger partial charge on any atom is 0.310 e. The SMILES string of the molecule is CC(C)C1C2C(=O)O[C@@H]1[C@@H]1NC[C@H]3CCC2[C@]31C. The third-order valence-electron chi connectivity index (χ3n) is 6.61. The molecule has 0 amide bonds. The van der Waals surface area contributed by atoms with Crippen LogP contribution in [-0.4, -0.2) is 24.7 Å². The maximum atomic E-state index is 12.3. The first-order chi connectivity index (χ1) is 8.55. The molecule has 100 valence electrons. The summed E-state index contributed by atoms with van der Waals surface area (Å²) in [5.74, 6) is 2.58. The van der Waals surface area contributed by atoms with Gasteiger partial charge in [-0.05, 0) is 42.6 Å². The zero-order chi connectivity index (χ0) is 12.7. The molecule has 0 aromatic rings. The molecule has 4 aliphatic rings. The Morgan fingerprint density at radius 3 is 2.89 bits per heavy atom. The van der Waals surface area contributed by atoms with E-state index in [0.717, 1.165) is 12.5 Å². The topological polar surface area (TPSA) is 38.3 Å². The average molecular weight is 249 g/mol. The van der Waals surface area contributed by atoms with E-state index in [2.05, 4.69) is 26.1 Å². The van der Waals surface area contributed by atoms with Gasteiger partial charge in [0.2, 0.25) is 0 Å². The molecule has 2 bridgehead atoms. The zero-order valence-corrected chi connectivity index (χ0v) is 11.5. The summed E-state index contributed by atoms with van der Waals surface area (Å²) in [4.78, 5) is 12.3. The summed E-state index contributed by atoms with van der Waals surface area (Å²) in [6.45, 7) is 8.04. The highest BCUT2D eigenvalue weighted by Crippen LogP contribution is 2.64. The Hall–Kier alpha value is -0.570. The fraction of sp³-hybridized carbons (Fsp3) is 0.933. The van der Waals surface area contributed by atoms with Crippen LogP contribution in [0, 0.1) is 35.0 Å². The Morgan fingerprint density at radius 2 is 2.17 bits per heavy atom. The van der Waals surface area contributed by atoms with Crippen molar-refractivity contribution in [3.63, 3.8) is 0 Å². The number of rotatable bonds is 1.